The Labute approximate surface area is 107 Å². The van der Waals surface area contributed by atoms with Gasteiger partial charge in [-0.3, -0.25) is 4.79 Å². The zero-order valence-corrected chi connectivity index (χ0v) is 10.6. The number of anilines is 1. The summed E-state index contributed by atoms with van der Waals surface area (Å²) in [5.74, 6) is -0.0404. The molecule has 0 atom stereocenters. The average molecular weight is 248 g/mol. The van der Waals surface area contributed by atoms with Crippen molar-refractivity contribution in [3.63, 3.8) is 0 Å². The van der Waals surface area contributed by atoms with Gasteiger partial charge in [0.2, 0.25) is 0 Å². The lowest BCUT2D eigenvalue weighted by Crippen LogP contribution is -2.38. The minimum Gasteiger partial charge on any atom is -0.393 e. The van der Waals surface area contributed by atoms with Crippen LogP contribution in [0.1, 0.15) is 36.0 Å². The van der Waals surface area contributed by atoms with Crippen LogP contribution in [-0.2, 0) is 0 Å². The molecule has 0 unspecified atom stereocenters. The molecule has 1 aromatic carbocycles. The van der Waals surface area contributed by atoms with E-state index in [2.05, 4.69) is 10.6 Å². The second-order valence-electron chi connectivity index (χ2n) is 4.77. The quantitative estimate of drug-likeness (QED) is 0.764. The molecule has 98 valence electrons. The van der Waals surface area contributed by atoms with Crippen molar-refractivity contribution < 1.29 is 9.90 Å². The molecule has 0 bridgehead atoms. The summed E-state index contributed by atoms with van der Waals surface area (Å²) >= 11 is 0. The van der Waals surface area contributed by atoms with E-state index in [1.165, 1.54) is 0 Å². The minimum atomic E-state index is -0.192. The predicted molar refractivity (Wildman–Crippen MR) is 71.7 cm³/mol. The fourth-order valence-corrected chi connectivity index (χ4v) is 2.38. The van der Waals surface area contributed by atoms with Gasteiger partial charge in [-0.05, 0) is 37.8 Å². The van der Waals surface area contributed by atoms with E-state index in [1.807, 2.05) is 31.3 Å². The second kappa shape index (κ2) is 5.87. The smallest absolute Gasteiger partial charge is 0.253 e. The molecule has 1 aromatic rings. The summed E-state index contributed by atoms with van der Waals surface area (Å²) < 4.78 is 0. The Morgan fingerprint density at radius 1 is 1.22 bits per heavy atom. The van der Waals surface area contributed by atoms with E-state index in [9.17, 15) is 9.90 Å². The van der Waals surface area contributed by atoms with Crippen molar-refractivity contribution in [1.29, 1.82) is 0 Å². The van der Waals surface area contributed by atoms with Gasteiger partial charge in [-0.2, -0.15) is 0 Å². The van der Waals surface area contributed by atoms with Gasteiger partial charge >= 0.3 is 0 Å². The number of nitrogens with one attached hydrogen (secondary N) is 2. The van der Waals surface area contributed by atoms with Gasteiger partial charge in [-0.25, -0.2) is 0 Å². The Kier molecular flexibility index (Phi) is 4.20. The first-order chi connectivity index (χ1) is 8.70. The highest BCUT2D eigenvalue weighted by atomic mass is 16.3. The number of amides is 1. The average Bonchev–Trinajstić information content (AvgIpc) is 2.41. The van der Waals surface area contributed by atoms with Crippen LogP contribution in [0.25, 0.3) is 0 Å². The highest BCUT2D eigenvalue weighted by molar-refractivity contribution is 5.99. The summed E-state index contributed by atoms with van der Waals surface area (Å²) in [4.78, 5) is 12.2. The van der Waals surface area contributed by atoms with Crippen LogP contribution in [0.5, 0.6) is 0 Å². The van der Waals surface area contributed by atoms with E-state index in [4.69, 9.17) is 0 Å². The number of benzene rings is 1. The molecule has 1 aliphatic rings. The highest BCUT2D eigenvalue weighted by Gasteiger charge is 2.21. The van der Waals surface area contributed by atoms with E-state index in [0.717, 1.165) is 31.4 Å². The van der Waals surface area contributed by atoms with Crippen molar-refractivity contribution >= 4 is 11.6 Å². The highest BCUT2D eigenvalue weighted by Crippen LogP contribution is 2.20. The first-order valence-corrected chi connectivity index (χ1v) is 6.46. The zero-order valence-electron chi connectivity index (χ0n) is 10.6. The van der Waals surface area contributed by atoms with E-state index in [0.29, 0.717) is 5.56 Å². The number of para-hydroxylation sites is 1. The maximum Gasteiger partial charge on any atom is 0.253 e. The topological polar surface area (TPSA) is 61.4 Å². The lowest BCUT2D eigenvalue weighted by molar-refractivity contribution is 0.0868. The van der Waals surface area contributed by atoms with Gasteiger partial charge in [0.25, 0.3) is 5.91 Å². The molecule has 18 heavy (non-hydrogen) atoms. The molecule has 2 rings (SSSR count). The van der Waals surface area contributed by atoms with Crippen LogP contribution in [0.3, 0.4) is 0 Å². The molecule has 4 nitrogen and oxygen atoms in total. The van der Waals surface area contributed by atoms with Gasteiger partial charge < -0.3 is 15.7 Å². The zero-order chi connectivity index (χ0) is 13.0. The van der Waals surface area contributed by atoms with Gasteiger partial charge in [-0.15, -0.1) is 0 Å². The third-order valence-electron chi connectivity index (χ3n) is 3.47. The number of hydrogen-bond acceptors (Lipinski definition) is 3. The maximum atomic E-state index is 12.2. The lowest BCUT2D eigenvalue weighted by atomic mass is 9.93. The molecule has 0 heterocycles. The van der Waals surface area contributed by atoms with Crippen molar-refractivity contribution in [3.8, 4) is 0 Å². The van der Waals surface area contributed by atoms with Gasteiger partial charge in [0.05, 0.1) is 11.7 Å². The first kappa shape index (κ1) is 12.9. The third-order valence-corrected chi connectivity index (χ3v) is 3.47. The van der Waals surface area contributed by atoms with Gasteiger partial charge in [0.1, 0.15) is 0 Å². The lowest BCUT2D eigenvalue weighted by Gasteiger charge is -2.26. The Hall–Kier alpha value is -1.55. The number of hydrogen-bond donors (Lipinski definition) is 3. The molecular weight excluding hydrogens is 228 g/mol. The predicted octanol–water partition coefficient (Wildman–Crippen LogP) is 1.76. The van der Waals surface area contributed by atoms with Crippen molar-refractivity contribution in [3.05, 3.63) is 29.8 Å². The molecule has 0 spiro atoms. The summed E-state index contributed by atoms with van der Waals surface area (Å²) in [6, 6.07) is 7.66. The van der Waals surface area contributed by atoms with Crippen LogP contribution in [-0.4, -0.2) is 30.2 Å². The van der Waals surface area contributed by atoms with Gasteiger partial charge in [0.15, 0.2) is 0 Å². The summed E-state index contributed by atoms with van der Waals surface area (Å²) in [7, 11) is 1.81. The van der Waals surface area contributed by atoms with Gasteiger partial charge in [0, 0.05) is 18.8 Å². The SMILES string of the molecule is CNc1ccccc1C(=O)NC1CCC(O)CC1. The van der Waals surface area contributed by atoms with Crippen LogP contribution >= 0.6 is 0 Å². The molecule has 4 heteroatoms. The van der Waals surface area contributed by atoms with E-state index < -0.39 is 0 Å². The Morgan fingerprint density at radius 3 is 2.56 bits per heavy atom. The molecule has 0 saturated heterocycles. The Bertz CT molecular complexity index is 412. The number of aliphatic hydroxyl groups excluding tert-OH is 1. The van der Waals surface area contributed by atoms with E-state index in [1.54, 1.807) is 0 Å². The molecule has 1 aliphatic carbocycles. The third kappa shape index (κ3) is 3.01. The summed E-state index contributed by atoms with van der Waals surface area (Å²) in [6.07, 6.45) is 3.07. The normalized spacial score (nSPS) is 23.4. The fraction of sp³-hybridized carbons (Fsp3) is 0.500. The number of carbonyl (C=O) groups is 1. The van der Waals surface area contributed by atoms with Crippen LogP contribution in [0.2, 0.25) is 0 Å². The molecular formula is C14H20N2O2. The monoisotopic (exact) mass is 248 g/mol. The van der Waals surface area contributed by atoms with Crippen LogP contribution in [0.15, 0.2) is 24.3 Å². The molecule has 3 N–H and O–H groups in total. The molecule has 1 fully saturated rings. The van der Waals surface area contributed by atoms with Crippen molar-refractivity contribution in [1.82, 2.24) is 5.32 Å². The van der Waals surface area contributed by atoms with Crippen LogP contribution in [0, 0.1) is 0 Å². The summed E-state index contributed by atoms with van der Waals surface area (Å²) in [5.41, 5.74) is 1.51. The Balaban J connectivity index is 1.99. The Morgan fingerprint density at radius 2 is 1.89 bits per heavy atom. The molecule has 0 aliphatic heterocycles. The number of rotatable bonds is 3. The number of carbonyl (C=O) groups excluding carboxylic acids is 1. The summed E-state index contributed by atoms with van der Waals surface area (Å²) in [5, 5.41) is 15.5. The second-order valence-corrected chi connectivity index (χ2v) is 4.77. The molecule has 0 aromatic heterocycles. The molecule has 1 saturated carbocycles. The number of aliphatic hydroxyl groups is 1. The van der Waals surface area contributed by atoms with Crippen LogP contribution < -0.4 is 10.6 Å². The maximum absolute atomic E-state index is 12.2. The standard InChI is InChI=1S/C14H20N2O2/c1-15-13-5-3-2-4-12(13)14(18)16-10-6-8-11(17)9-7-10/h2-5,10-11,15,17H,6-9H2,1H3,(H,16,18). The largest absolute Gasteiger partial charge is 0.393 e. The first-order valence-electron chi connectivity index (χ1n) is 6.46. The molecule has 0 radical (unpaired) electrons. The van der Waals surface area contributed by atoms with Crippen molar-refractivity contribution in [2.45, 2.75) is 37.8 Å². The van der Waals surface area contributed by atoms with Crippen molar-refractivity contribution in [2.75, 3.05) is 12.4 Å². The van der Waals surface area contributed by atoms with E-state index >= 15 is 0 Å². The van der Waals surface area contributed by atoms with Crippen LogP contribution in [0.4, 0.5) is 5.69 Å². The van der Waals surface area contributed by atoms with Gasteiger partial charge in [-0.1, -0.05) is 12.1 Å². The van der Waals surface area contributed by atoms with Crippen molar-refractivity contribution in [2.24, 2.45) is 0 Å². The minimum absolute atomic E-state index is 0.0404. The fourth-order valence-electron chi connectivity index (χ4n) is 2.38. The summed E-state index contributed by atoms with van der Waals surface area (Å²) in [6.45, 7) is 0. The molecule has 1 amide bonds. The van der Waals surface area contributed by atoms with E-state index in [-0.39, 0.29) is 18.1 Å².